The maximum Gasteiger partial charge on any atom is 0.225 e. The van der Waals surface area contributed by atoms with Crippen molar-refractivity contribution in [3.8, 4) is 0 Å². The Bertz CT molecular complexity index is 797. The zero-order chi connectivity index (χ0) is 18.1. The van der Waals surface area contributed by atoms with Gasteiger partial charge in [0.15, 0.2) is 5.78 Å². The van der Waals surface area contributed by atoms with Crippen LogP contribution in [0.1, 0.15) is 40.7 Å². The van der Waals surface area contributed by atoms with Gasteiger partial charge in [0.1, 0.15) is 0 Å². The molecule has 2 heterocycles. The van der Waals surface area contributed by atoms with Crippen molar-refractivity contribution in [3.05, 3.63) is 52.8 Å². The molecule has 1 atom stereocenters. The second kappa shape index (κ2) is 7.16. The smallest absolute Gasteiger partial charge is 0.225 e. The Morgan fingerprint density at radius 1 is 1.04 bits per heavy atom. The molecule has 5 nitrogen and oxygen atoms in total. The first-order valence-corrected chi connectivity index (χ1v) is 9.52. The number of anilines is 1. The monoisotopic (exact) mass is 350 g/mol. The third-order valence-corrected chi connectivity index (χ3v) is 5.41. The number of carbonyl (C=O) groups excluding carboxylic acids is 1. The van der Waals surface area contributed by atoms with E-state index in [1.807, 2.05) is 6.92 Å². The van der Waals surface area contributed by atoms with Gasteiger partial charge in [-0.3, -0.25) is 9.69 Å². The highest BCUT2D eigenvalue weighted by molar-refractivity contribution is 5.99. The third-order valence-electron chi connectivity index (χ3n) is 5.41. The molecule has 1 aliphatic heterocycles. The van der Waals surface area contributed by atoms with Gasteiger partial charge in [0.25, 0.3) is 0 Å². The summed E-state index contributed by atoms with van der Waals surface area (Å²) in [5.74, 6) is 1.37. The molecule has 1 saturated heterocycles. The summed E-state index contributed by atoms with van der Waals surface area (Å²) in [5, 5.41) is 0. The lowest BCUT2D eigenvalue weighted by molar-refractivity contribution is 0.0951. The Kier molecular flexibility index (Phi) is 4.72. The fourth-order valence-electron chi connectivity index (χ4n) is 4.04. The van der Waals surface area contributed by atoms with Gasteiger partial charge in [0.05, 0.1) is 17.0 Å². The first kappa shape index (κ1) is 17.2. The Labute approximate surface area is 155 Å². The Balaban J connectivity index is 1.45. The Hall–Kier alpha value is -2.27. The van der Waals surface area contributed by atoms with E-state index in [2.05, 4.69) is 52.0 Å². The van der Waals surface area contributed by atoms with E-state index in [-0.39, 0.29) is 5.78 Å². The van der Waals surface area contributed by atoms with E-state index in [9.17, 15) is 4.79 Å². The fraction of sp³-hybridized carbons (Fsp3) is 0.476. The van der Waals surface area contributed by atoms with Crippen LogP contribution in [0.5, 0.6) is 0 Å². The van der Waals surface area contributed by atoms with E-state index >= 15 is 0 Å². The topological polar surface area (TPSA) is 49.3 Å². The highest BCUT2D eigenvalue weighted by atomic mass is 16.1. The summed E-state index contributed by atoms with van der Waals surface area (Å²) < 4.78 is 0. The predicted molar refractivity (Wildman–Crippen MR) is 103 cm³/mol. The van der Waals surface area contributed by atoms with Gasteiger partial charge in [-0.2, -0.15) is 0 Å². The van der Waals surface area contributed by atoms with Crippen molar-refractivity contribution in [1.29, 1.82) is 0 Å². The Morgan fingerprint density at radius 3 is 2.50 bits per heavy atom. The van der Waals surface area contributed by atoms with Gasteiger partial charge >= 0.3 is 0 Å². The van der Waals surface area contributed by atoms with Crippen molar-refractivity contribution in [2.45, 2.75) is 33.2 Å². The van der Waals surface area contributed by atoms with Gasteiger partial charge in [0.2, 0.25) is 5.95 Å². The molecule has 1 aromatic heterocycles. The lowest BCUT2D eigenvalue weighted by Crippen LogP contribution is -2.46. The van der Waals surface area contributed by atoms with Crippen LogP contribution < -0.4 is 4.90 Å². The molecule has 0 N–H and O–H groups in total. The molecular weight excluding hydrogens is 324 g/mol. The molecule has 1 fully saturated rings. The number of carbonyl (C=O) groups is 1. The van der Waals surface area contributed by atoms with Gasteiger partial charge < -0.3 is 4.90 Å². The highest BCUT2D eigenvalue weighted by Crippen LogP contribution is 2.27. The number of fused-ring (bicyclic) bond motifs is 1. The minimum absolute atomic E-state index is 0.204. The molecular formula is C21H26N4O. The molecule has 0 bridgehead atoms. The summed E-state index contributed by atoms with van der Waals surface area (Å²) in [4.78, 5) is 26.5. The quantitative estimate of drug-likeness (QED) is 0.852. The van der Waals surface area contributed by atoms with Crippen molar-refractivity contribution in [3.63, 3.8) is 0 Å². The van der Waals surface area contributed by atoms with Crippen LogP contribution in [0.2, 0.25) is 0 Å². The molecule has 5 heteroatoms. The number of nitrogens with zero attached hydrogens (tertiary/aromatic N) is 4. The van der Waals surface area contributed by atoms with Crippen molar-refractivity contribution in [1.82, 2.24) is 14.9 Å². The highest BCUT2D eigenvalue weighted by Gasteiger charge is 2.28. The number of ketones is 1. The molecule has 0 spiro atoms. The van der Waals surface area contributed by atoms with Gasteiger partial charge in [-0.1, -0.05) is 37.3 Å². The number of piperazine rings is 1. The molecule has 2 aliphatic rings. The molecule has 1 aliphatic carbocycles. The maximum absolute atomic E-state index is 12.3. The van der Waals surface area contributed by atoms with E-state index in [1.54, 1.807) is 0 Å². The Morgan fingerprint density at radius 2 is 1.77 bits per heavy atom. The molecule has 0 saturated carbocycles. The van der Waals surface area contributed by atoms with E-state index in [4.69, 9.17) is 4.98 Å². The number of benzene rings is 1. The van der Waals surface area contributed by atoms with Crippen molar-refractivity contribution in [2.24, 2.45) is 5.92 Å². The zero-order valence-electron chi connectivity index (χ0n) is 15.6. The summed E-state index contributed by atoms with van der Waals surface area (Å²) in [7, 11) is 0. The minimum atomic E-state index is 0.204. The molecule has 1 aromatic carbocycles. The van der Waals surface area contributed by atoms with Crippen molar-refractivity contribution >= 4 is 11.7 Å². The summed E-state index contributed by atoms with van der Waals surface area (Å²) in [5.41, 5.74) is 3.92. The molecule has 0 amide bonds. The van der Waals surface area contributed by atoms with E-state index in [0.717, 1.165) is 62.0 Å². The number of hydrogen-bond donors (Lipinski definition) is 0. The standard InChI is InChI=1S/C21H26N4O/c1-15-12-18-20(19(26)13-15)16(2)22-21(23-18)25-10-8-24(9-11-25)14-17-6-4-3-5-7-17/h3-7,15H,8-14H2,1-2H3/t15-/m0/s1. The molecule has 4 rings (SSSR count). The molecule has 0 unspecified atom stereocenters. The van der Waals surface area contributed by atoms with E-state index in [1.165, 1.54) is 5.56 Å². The maximum atomic E-state index is 12.3. The van der Waals surface area contributed by atoms with Crippen LogP contribution in [0, 0.1) is 12.8 Å². The molecule has 136 valence electrons. The average Bonchev–Trinajstić information content (AvgIpc) is 2.62. The number of hydrogen-bond acceptors (Lipinski definition) is 5. The van der Waals surface area contributed by atoms with Crippen LogP contribution in [-0.4, -0.2) is 46.8 Å². The third kappa shape index (κ3) is 3.49. The van der Waals surface area contributed by atoms with Gasteiger partial charge in [-0.15, -0.1) is 0 Å². The minimum Gasteiger partial charge on any atom is -0.338 e. The zero-order valence-corrected chi connectivity index (χ0v) is 15.6. The number of aromatic nitrogens is 2. The summed E-state index contributed by atoms with van der Waals surface area (Å²) >= 11 is 0. The van der Waals surface area contributed by atoms with Crippen LogP contribution in [0.4, 0.5) is 5.95 Å². The second-order valence-electron chi connectivity index (χ2n) is 7.62. The average molecular weight is 350 g/mol. The van der Waals surface area contributed by atoms with Gasteiger partial charge in [-0.25, -0.2) is 9.97 Å². The molecule has 2 aromatic rings. The van der Waals surface area contributed by atoms with Crippen LogP contribution in [-0.2, 0) is 13.0 Å². The number of aryl methyl sites for hydroxylation is 1. The fourth-order valence-corrected chi connectivity index (χ4v) is 4.04. The number of rotatable bonds is 3. The van der Waals surface area contributed by atoms with Gasteiger partial charge in [0, 0.05) is 39.1 Å². The first-order chi connectivity index (χ1) is 12.6. The van der Waals surface area contributed by atoms with Crippen LogP contribution in [0.3, 0.4) is 0 Å². The van der Waals surface area contributed by atoms with E-state index < -0.39 is 0 Å². The largest absolute Gasteiger partial charge is 0.338 e. The SMILES string of the molecule is Cc1nc(N2CCN(Cc3ccccc3)CC2)nc2c1C(=O)C[C@@H](C)C2. The van der Waals surface area contributed by atoms with Crippen molar-refractivity contribution < 1.29 is 4.79 Å². The lowest BCUT2D eigenvalue weighted by atomic mass is 9.86. The van der Waals surface area contributed by atoms with Crippen molar-refractivity contribution in [2.75, 3.05) is 31.1 Å². The van der Waals surface area contributed by atoms with Crippen LogP contribution >= 0.6 is 0 Å². The van der Waals surface area contributed by atoms with Gasteiger partial charge in [-0.05, 0) is 24.8 Å². The molecule has 0 radical (unpaired) electrons. The predicted octanol–water partition coefficient (Wildman–Crippen LogP) is 2.87. The second-order valence-corrected chi connectivity index (χ2v) is 7.62. The normalized spacial score (nSPS) is 20.9. The first-order valence-electron chi connectivity index (χ1n) is 9.52. The van der Waals surface area contributed by atoms with Crippen LogP contribution in [0.15, 0.2) is 30.3 Å². The lowest BCUT2D eigenvalue weighted by Gasteiger charge is -2.35. The summed E-state index contributed by atoms with van der Waals surface area (Å²) in [6.07, 6.45) is 1.50. The van der Waals surface area contributed by atoms with E-state index in [0.29, 0.717) is 12.3 Å². The van der Waals surface area contributed by atoms with Crippen LogP contribution in [0.25, 0.3) is 0 Å². The summed E-state index contributed by atoms with van der Waals surface area (Å²) in [6.45, 7) is 8.92. The number of Topliss-reactive ketones (excluding diaryl/α,β-unsaturated/α-hetero) is 1. The summed E-state index contributed by atoms with van der Waals surface area (Å²) in [6, 6.07) is 10.6. The molecule has 26 heavy (non-hydrogen) atoms.